The monoisotopic (exact) mass is 342 g/mol. The number of hydrogen-bond acceptors (Lipinski definition) is 4. The molecule has 0 heterocycles. The molecular weight excluding hydrogens is 327 g/mol. The van der Waals surface area contributed by atoms with Crippen molar-refractivity contribution in [1.82, 2.24) is 0 Å². The van der Waals surface area contributed by atoms with Crippen LogP contribution in [0.1, 0.15) is 13.8 Å². The van der Waals surface area contributed by atoms with Crippen LogP contribution in [0.25, 0.3) is 0 Å². The Labute approximate surface area is 118 Å². The summed E-state index contributed by atoms with van der Waals surface area (Å²) in [5.41, 5.74) is 0. The van der Waals surface area contributed by atoms with Gasteiger partial charge in [0, 0.05) is 0 Å². The van der Waals surface area contributed by atoms with Crippen molar-refractivity contribution in [3.05, 3.63) is 48.6 Å². The summed E-state index contributed by atoms with van der Waals surface area (Å²) >= 11 is 0. The number of allylic oxidation sites excluding steroid dienone is 6. The topological polar surface area (TPSA) is 80.3 Å². The first-order valence-corrected chi connectivity index (χ1v) is 4.55. The van der Waals surface area contributed by atoms with Gasteiger partial charge in [-0.3, -0.25) is 0 Å². The first kappa shape index (κ1) is 21.0. The summed E-state index contributed by atoms with van der Waals surface area (Å²) in [5.74, 6) is -2.33. The number of carbonyl (C=O) groups excluding carboxylic acids is 2. The Kier molecular flexibility index (Phi) is 21.2. The standard InChI is InChI=1S/2C6H8O2.Sn/c2*1-2-3-4-5-6(7)8;/h2*2-5H,1H3,(H,7,8);/q;;+2/p-2. The fourth-order valence-corrected chi connectivity index (χ4v) is 0.490. The van der Waals surface area contributed by atoms with Crippen molar-refractivity contribution in [2.45, 2.75) is 13.8 Å². The molecule has 0 bridgehead atoms. The number of carboxylic acids is 2. The van der Waals surface area contributed by atoms with E-state index in [2.05, 4.69) is 0 Å². The molecule has 0 fully saturated rings. The minimum absolute atomic E-state index is 0. The van der Waals surface area contributed by atoms with Crippen LogP contribution in [-0.4, -0.2) is 35.8 Å². The van der Waals surface area contributed by atoms with Gasteiger partial charge in [0.05, 0.1) is 11.9 Å². The van der Waals surface area contributed by atoms with Crippen molar-refractivity contribution in [1.29, 1.82) is 0 Å². The summed E-state index contributed by atoms with van der Waals surface area (Å²) in [4.78, 5) is 19.3. The molecule has 0 rings (SSSR count). The van der Waals surface area contributed by atoms with Gasteiger partial charge in [-0.25, -0.2) is 0 Å². The maximum absolute atomic E-state index is 9.64. The van der Waals surface area contributed by atoms with Crippen LogP contribution in [-0.2, 0) is 9.59 Å². The van der Waals surface area contributed by atoms with E-state index in [1.165, 1.54) is 12.2 Å². The fourth-order valence-electron chi connectivity index (χ4n) is 0.490. The van der Waals surface area contributed by atoms with E-state index in [1.807, 2.05) is 0 Å². The van der Waals surface area contributed by atoms with Gasteiger partial charge in [-0.1, -0.05) is 36.5 Å². The average Bonchev–Trinajstić information content (AvgIpc) is 2.18. The van der Waals surface area contributed by atoms with Crippen LogP contribution in [0.15, 0.2) is 48.6 Å². The summed E-state index contributed by atoms with van der Waals surface area (Å²) in [5, 5.41) is 19.3. The Morgan fingerprint density at radius 3 is 1.24 bits per heavy atom. The van der Waals surface area contributed by atoms with Crippen molar-refractivity contribution in [2.75, 3.05) is 0 Å². The number of aliphatic carboxylic acids is 2. The summed E-state index contributed by atoms with van der Waals surface area (Å²) in [6, 6.07) is 0. The third kappa shape index (κ3) is 31.3. The molecule has 4 nitrogen and oxygen atoms in total. The molecule has 2 radical (unpaired) electrons. The molecule has 17 heavy (non-hydrogen) atoms. The normalized spacial score (nSPS) is 10.5. The Hall–Kier alpha value is -1.30. The summed E-state index contributed by atoms with van der Waals surface area (Å²) < 4.78 is 0. The van der Waals surface area contributed by atoms with E-state index in [1.54, 1.807) is 38.2 Å². The Bertz CT molecular complexity index is 282. The fraction of sp³-hybridized carbons (Fsp3) is 0.167. The largest absolute Gasteiger partial charge is 2.00 e. The van der Waals surface area contributed by atoms with E-state index in [9.17, 15) is 19.8 Å². The zero-order valence-electron chi connectivity index (χ0n) is 9.75. The first-order chi connectivity index (χ1) is 7.54. The molecule has 0 atom stereocenters. The zero-order valence-corrected chi connectivity index (χ0v) is 12.6. The van der Waals surface area contributed by atoms with E-state index >= 15 is 0 Å². The van der Waals surface area contributed by atoms with Crippen LogP contribution in [0.3, 0.4) is 0 Å². The maximum Gasteiger partial charge on any atom is 2.00 e. The van der Waals surface area contributed by atoms with Gasteiger partial charge in [0.15, 0.2) is 0 Å². The molecule has 0 aliphatic rings. The quantitative estimate of drug-likeness (QED) is 0.387. The third-order valence-corrected chi connectivity index (χ3v) is 1.07. The second kappa shape index (κ2) is 17.1. The van der Waals surface area contributed by atoms with Gasteiger partial charge in [0.25, 0.3) is 0 Å². The number of carboxylic acid groups (broad SMARTS) is 2. The second-order valence-electron chi connectivity index (χ2n) is 2.41. The number of hydrogen-bond donors (Lipinski definition) is 0. The van der Waals surface area contributed by atoms with Crippen molar-refractivity contribution in [3.8, 4) is 0 Å². The van der Waals surface area contributed by atoms with Gasteiger partial charge < -0.3 is 19.8 Å². The van der Waals surface area contributed by atoms with Crippen molar-refractivity contribution in [3.63, 3.8) is 0 Å². The van der Waals surface area contributed by atoms with Crippen LogP contribution in [0.4, 0.5) is 0 Å². The Balaban J connectivity index is -0.000000218. The van der Waals surface area contributed by atoms with Crippen molar-refractivity contribution < 1.29 is 19.8 Å². The summed E-state index contributed by atoms with van der Waals surface area (Å²) in [7, 11) is 0. The predicted molar refractivity (Wildman–Crippen MR) is 63.7 cm³/mol. The van der Waals surface area contributed by atoms with Crippen LogP contribution < -0.4 is 10.2 Å². The van der Waals surface area contributed by atoms with E-state index in [-0.39, 0.29) is 23.9 Å². The smallest absolute Gasteiger partial charge is 0.545 e. The van der Waals surface area contributed by atoms with Crippen LogP contribution in [0.2, 0.25) is 0 Å². The Morgan fingerprint density at radius 2 is 1.06 bits per heavy atom. The molecule has 0 spiro atoms. The molecule has 0 aromatic carbocycles. The summed E-state index contributed by atoms with van der Waals surface area (Å²) in [6.07, 6.45) is 11.5. The van der Waals surface area contributed by atoms with Crippen LogP contribution >= 0.6 is 0 Å². The molecule has 0 saturated carbocycles. The zero-order chi connectivity index (χ0) is 12.8. The van der Waals surface area contributed by atoms with Crippen molar-refractivity contribution >= 4 is 35.8 Å². The van der Waals surface area contributed by atoms with Gasteiger partial charge in [0.1, 0.15) is 0 Å². The molecule has 0 aliphatic carbocycles. The summed E-state index contributed by atoms with van der Waals surface area (Å²) in [6.45, 7) is 3.61. The molecule has 0 aromatic rings. The van der Waals surface area contributed by atoms with Gasteiger partial charge in [0.2, 0.25) is 0 Å². The second-order valence-corrected chi connectivity index (χ2v) is 2.41. The maximum atomic E-state index is 9.64. The van der Waals surface area contributed by atoms with E-state index in [0.717, 1.165) is 12.2 Å². The molecule has 0 unspecified atom stereocenters. The average molecular weight is 341 g/mol. The molecular formula is C12H14O4Sn. The predicted octanol–water partition coefficient (Wildman–Crippen LogP) is -0.644. The molecule has 0 saturated heterocycles. The van der Waals surface area contributed by atoms with Crippen LogP contribution in [0.5, 0.6) is 0 Å². The van der Waals surface area contributed by atoms with Crippen LogP contribution in [0, 0.1) is 0 Å². The molecule has 5 heteroatoms. The molecule has 0 aliphatic heterocycles. The first-order valence-electron chi connectivity index (χ1n) is 4.55. The van der Waals surface area contributed by atoms with E-state index in [4.69, 9.17) is 0 Å². The van der Waals surface area contributed by atoms with Gasteiger partial charge in [-0.15, -0.1) is 0 Å². The molecule has 0 amide bonds. The minimum atomic E-state index is -1.16. The number of rotatable bonds is 4. The van der Waals surface area contributed by atoms with Gasteiger partial charge in [-0.05, 0) is 26.0 Å². The third-order valence-electron chi connectivity index (χ3n) is 1.07. The SMILES string of the molecule is CC=CC=CC(=O)[O-].CC=CC=CC(=O)[O-].[Sn+2]. The van der Waals surface area contributed by atoms with E-state index < -0.39 is 11.9 Å². The minimum Gasteiger partial charge on any atom is -0.545 e. The number of carbonyl (C=O) groups is 2. The van der Waals surface area contributed by atoms with E-state index in [0.29, 0.717) is 0 Å². The Morgan fingerprint density at radius 1 is 0.765 bits per heavy atom. The van der Waals surface area contributed by atoms with Gasteiger partial charge in [-0.2, -0.15) is 0 Å². The molecule has 0 aromatic heterocycles. The molecule has 0 N–H and O–H groups in total. The van der Waals surface area contributed by atoms with Gasteiger partial charge >= 0.3 is 23.9 Å². The molecule has 90 valence electrons. The van der Waals surface area contributed by atoms with Crippen molar-refractivity contribution in [2.24, 2.45) is 0 Å².